The molecule has 0 aliphatic rings. The van der Waals surface area contributed by atoms with Crippen LogP contribution in [0.1, 0.15) is 17.3 Å². The Morgan fingerprint density at radius 1 is 1.56 bits per heavy atom. The molecule has 1 amide bonds. The molecule has 0 bridgehead atoms. The fraction of sp³-hybridized carbons (Fsp3) is 0.364. The SMILES string of the molecule is CCSc1ccc(Cl)cc1C(=O)NCCN. The van der Waals surface area contributed by atoms with Crippen molar-refractivity contribution in [3.63, 3.8) is 0 Å². The second kappa shape index (κ2) is 6.78. The van der Waals surface area contributed by atoms with Crippen LogP contribution >= 0.6 is 23.4 Å². The molecule has 0 radical (unpaired) electrons. The molecule has 16 heavy (non-hydrogen) atoms. The summed E-state index contributed by atoms with van der Waals surface area (Å²) in [6.07, 6.45) is 0. The number of hydrogen-bond donors (Lipinski definition) is 2. The third kappa shape index (κ3) is 3.70. The van der Waals surface area contributed by atoms with Crippen molar-refractivity contribution in [3.05, 3.63) is 28.8 Å². The Bertz CT molecular complexity index is 371. The maximum absolute atomic E-state index is 11.8. The van der Waals surface area contributed by atoms with Gasteiger partial charge in [0, 0.05) is 23.0 Å². The number of halogens is 1. The van der Waals surface area contributed by atoms with Gasteiger partial charge in [0.25, 0.3) is 5.91 Å². The lowest BCUT2D eigenvalue weighted by molar-refractivity contribution is 0.0952. The van der Waals surface area contributed by atoms with E-state index in [1.165, 1.54) is 0 Å². The number of carbonyl (C=O) groups excluding carboxylic acids is 1. The highest BCUT2D eigenvalue weighted by Crippen LogP contribution is 2.25. The minimum Gasteiger partial charge on any atom is -0.351 e. The van der Waals surface area contributed by atoms with Crippen LogP contribution in [0.5, 0.6) is 0 Å². The second-order valence-corrected chi connectivity index (χ2v) is 4.86. The summed E-state index contributed by atoms with van der Waals surface area (Å²) in [7, 11) is 0. The van der Waals surface area contributed by atoms with Crippen molar-refractivity contribution in [1.82, 2.24) is 5.32 Å². The van der Waals surface area contributed by atoms with Crippen LogP contribution in [0, 0.1) is 0 Å². The van der Waals surface area contributed by atoms with Crippen molar-refractivity contribution < 1.29 is 4.79 Å². The molecule has 0 spiro atoms. The van der Waals surface area contributed by atoms with Gasteiger partial charge in [-0.1, -0.05) is 18.5 Å². The zero-order chi connectivity index (χ0) is 12.0. The summed E-state index contributed by atoms with van der Waals surface area (Å²) in [6, 6.07) is 5.35. The number of thioether (sulfide) groups is 1. The van der Waals surface area contributed by atoms with Crippen LogP contribution in [0.3, 0.4) is 0 Å². The van der Waals surface area contributed by atoms with Gasteiger partial charge in [0.1, 0.15) is 0 Å². The highest BCUT2D eigenvalue weighted by molar-refractivity contribution is 7.99. The van der Waals surface area contributed by atoms with E-state index in [1.807, 2.05) is 13.0 Å². The Morgan fingerprint density at radius 3 is 2.94 bits per heavy atom. The summed E-state index contributed by atoms with van der Waals surface area (Å²) >= 11 is 7.50. The molecule has 1 aromatic rings. The minimum absolute atomic E-state index is 0.121. The lowest BCUT2D eigenvalue weighted by Gasteiger charge is -2.09. The Labute approximate surface area is 105 Å². The zero-order valence-electron chi connectivity index (χ0n) is 9.13. The first-order chi connectivity index (χ1) is 7.69. The van der Waals surface area contributed by atoms with E-state index in [1.54, 1.807) is 23.9 Å². The van der Waals surface area contributed by atoms with Gasteiger partial charge in [-0.15, -0.1) is 11.8 Å². The van der Waals surface area contributed by atoms with Crippen LogP contribution in [0.15, 0.2) is 23.1 Å². The van der Waals surface area contributed by atoms with E-state index in [9.17, 15) is 4.79 Å². The summed E-state index contributed by atoms with van der Waals surface area (Å²) < 4.78 is 0. The molecule has 0 saturated heterocycles. The number of carbonyl (C=O) groups is 1. The molecule has 3 N–H and O–H groups in total. The summed E-state index contributed by atoms with van der Waals surface area (Å²) in [5.41, 5.74) is 5.95. The molecule has 3 nitrogen and oxygen atoms in total. The molecule has 0 aliphatic heterocycles. The van der Waals surface area contributed by atoms with Crippen molar-refractivity contribution in [3.8, 4) is 0 Å². The van der Waals surface area contributed by atoms with Crippen molar-refractivity contribution in [2.45, 2.75) is 11.8 Å². The smallest absolute Gasteiger partial charge is 0.252 e. The average molecular weight is 259 g/mol. The van der Waals surface area contributed by atoms with Gasteiger partial charge in [-0.05, 0) is 24.0 Å². The lowest BCUT2D eigenvalue weighted by atomic mass is 10.2. The Kier molecular flexibility index (Phi) is 5.66. The number of hydrogen-bond acceptors (Lipinski definition) is 3. The Balaban J connectivity index is 2.90. The molecule has 1 rings (SSSR count). The van der Waals surface area contributed by atoms with Crippen LogP contribution in [0.2, 0.25) is 5.02 Å². The number of rotatable bonds is 5. The van der Waals surface area contributed by atoms with Crippen LogP contribution in [0.25, 0.3) is 0 Å². The maximum atomic E-state index is 11.8. The molecule has 0 fully saturated rings. The van der Waals surface area contributed by atoms with Crippen molar-refractivity contribution in [1.29, 1.82) is 0 Å². The van der Waals surface area contributed by atoms with E-state index in [0.717, 1.165) is 10.6 Å². The largest absolute Gasteiger partial charge is 0.351 e. The summed E-state index contributed by atoms with van der Waals surface area (Å²) in [6.45, 7) is 2.95. The van der Waals surface area contributed by atoms with Gasteiger partial charge in [0.05, 0.1) is 5.56 Å². The molecule has 88 valence electrons. The van der Waals surface area contributed by atoms with E-state index in [2.05, 4.69) is 5.32 Å². The second-order valence-electron chi connectivity index (χ2n) is 3.12. The van der Waals surface area contributed by atoms with Crippen LogP contribution in [0.4, 0.5) is 0 Å². The zero-order valence-corrected chi connectivity index (χ0v) is 10.7. The molecule has 0 aromatic heterocycles. The number of benzene rings is 1. The third-order valence-corrected chi connectivity index (χ3v) is 3.11. The maximum Gasteiger partial charge on any atom is 0.252 e. The van der Waals surface area contributed by atoms with E-state index in [4.69, 9.17) is 17.3 Å². The summed E-state index contributed by atoms with van der Waals surface area (Å²) in [5, 5.41) is 3.31. The highest BCUT2D eigenvalue weighted by atomic mass is 35.5. The monoisotopic (exact) mass is 258 g/mol. The van der Waals surface area contributed by atoms with Gasteiger partial charge >= 0.3 is 0 Å². The molecule has 0 heterocycles. The first-order valence-corrected chi connectivity index (χ1v) is 6.46. The van der Waals surface area contributed by atoms with E-state index >= 15 is 0 Å². The number of nitrogens with two attached hydrogens (primary N) is 1. The van der Waals surface area contributed by atoms with Gasteiger partial charge in [-0.2, -0.15) is 0 Å². The quantitative estimate of drug-likeness (QED) is 0.796. The molecule has 1 aromatic carbocycles. The fourth-order valence-corrected chi connectivity index (χ4v) is 2.20. The van der Waals surface area contributed by atoms with Gasteiger partial charge in [0.2, 0.25) is 0 Å². The molecule has 0 unspecified atom stereocenters. The average Bonchev–Trinajstić information content (AvgIpc) is 2.28. The van der Waals surface area contributed by atoms with Crippen LogP contribution in [-0.4, -0.2) is 24.7 Å². The predicted molar refractivity (Wildman–Crippen MR) is 69.2 cm³/mol. The number of nitrogens with one attached hydrogen (secondary N) is 1. The molecule has 0 saturated carbocycles. The topological polar surface area (TPSA) is 55.1 Å². The first kappa shape index (κ1) is 13.4. The van der Waals surface area contributed by atoms with E-state index < -0.39 is 0 Å². The Hall–Kier alpha value is -0.710. The van der Waals surface area contributed by atoms with Crippen molar-refractivity contribution in [2.24, 2.45) is 5.73 Å². The van der Waals surface area contributed by atoms with Gasteiger partial charge in [0.15, 0.2) is 0 Å². The summed E-state index contributed by atoms with van der Waals surface area (Å²) in [4.78, 5) is 12.8. The summed E-state index contributed by atoms with van der Waals surface area (Å²) in [5.74, 6) is 0.794. The lowest BCUT2D eigenvalue weighted by Crippen LogP contribution is -2.29. The molecule has 0 atom stereocenters. The molecule has 0 aliphatic carbocycles. The molecular weight excluding hydrogens is 244 g/mol. The van der Waals surface area contributed by atoms with Crippen LogP contribution < -0.4 is 11.1 Å². The standard InChI is InChI=1S/C11H15ClN2OS/c1-2-16-10-4-3-8(12)7-9(10)11(15)14-6-5-13/h3-4,7H,2,5-6,13H2,1H3,(H,14,15). The van der Waals surface area contributed by atoms with E-state index in [-0.39, 0.29) is 5.91 Å². The van der Waals surface area contributed by atoms with Gasteiger partial charge in [-0.25, -0.2) is 0 Å². The van der Waals surface area contributed by atoms with Crippen molar-refractivity contribution in [2.75, 3.05) is 18.8 Å². The predicted octanol–water partition coefficient (Wildman–Crippen LogP) is 2.14. The number of amides is 1. The van der Waals surface area contributed by atoms with E-state index in [0.29, 0.717) is 23.7 Å². The molecular formula is C11H15ClN2OS. The van der Waals surface area contributed by atoms with Gasteiger partial charge in [-0.3, -0.25) is 4.79 Å². The Morgan fingerprint density at radius 2 is 2.31 bits per heavy atom. The van der Waals surface area contributed by atoms with Crippen LogP contribution in [-0.2, 0) is 0 Å². The first-order valence-electron chi connectivity index (χ1n) is 5.09. The normalized spacial score (nSPS) is 10.2. The minimum atomic E-state index is -0.121. The molecule has 5 heteroatoms. The van der Waals surface area contributed by atoms with Crippen molar-refractivity contribution >= 4 is 29.3 Å². The highest BCUT2D eigenvalue weighted by Gasteiger charge is 2.11. The fourth-order valence-electron chi connectivity index (χ4n) is 1.24. The van der Waals surface area contributed by atoms with Gasteiger partial charge < -0.3 is 11.1 Å². The third-order valence-electron chi connectivity index (χ3n) is 1.92.